The molecule has 0 unspecified atom stereocenters. The van der Waals surface area contributed by atoms with Gasteiger partial charge in [0, 0.05) is 30.3 Å². The minimum atomic E-state index is -1.48. The van der Waals surface area contributed by atoms with Crippen LogP contribution in [0.2, 0.25) is 0 Å². The van der Waals surface area contributed by atoms with Gasteiger partial charge in [-0.3, -0.25) is 19.2 Å². The summed E-state index contributed by atoms with van der Waals surface area (Å²) in [6.45, 7) is 21.2. The number of aryl methyl sites for hydroxylation is 1. The summed E-state index contributed by atoms with van der Waals surface area (Å²) in [4.78, 5) is 97.4. The van der Waals surface area contributed by atoms with Crippen LogP contribution in [0.15, 0.2) is 84.9 Å². The van der Waals surface area contributed by atoms with Crippen LogP contribution in [0.3, 0.4) is 0 Å². The maximum absolute atomic E-state index is 15.3. The van der Waals surface area contributed by atoms with E-state index in [9.17, 15) is 33.9 Å². The highest BCUT2D eigenvalue weighted by Crippen LogP contribution is 2.40. The van der Waals surface area contributed by atoms with Crippen LogP contribution in [-0.4, -0.2) is 133 Å². The highest BCUT2D eigenvalue weighted by atomic mass is 16.6. The van der Waals surface area contributed by atoms with Crippen molar-refractivity contribution in [2.75, 3.05) is 46.5 Å². The van der Waals surface area contributed by atoms with Gasteiger partial charge < -0.3 is 65.6 Å². The molecule has 0 aromatic heterocycles. The van der Waals surface area contributed by atoms with Crippen molar-refractivity contribution >= 4 is 41.9 Å². The van der Waals surface area contributed by atoms with Crippen molar-refractivity contribution in [2.45, 2.75) is 156 Å². The van der Waals surface area contributed by atoms with E-state index in [-0.39, 0.29) is 69.0 Å². The molecule has 0 saturated heterocycles. The molecule has 452 valence electrons. The molecular formula is C63H87N7O13. The number of nitrogens with zero attached hydrogens (tertiary/aromatic N) is 1. The van der Waals surface area contributed by atoms with Gasteiger partial charge in [-0.25, -0.2) is 14.4 Å². The maximum atomic E-state index is 15.3. The van der Waals surface area contributed by atoms with Gasteiger partial charge >= 0.3 is 18.3 Å². The van der Waals surface area contributed by atoms with E-state index in [1.54, 1.807) is 111 Å². The average molecular weight is 1150 g/mol. The van der Waals surface area contributed by atoms with Crippen LogP contribution in [0.25, 0.3) is 22.3 Å². The molecule has 0 aliphatic carbocycles. The second-order valence-corrected chi connectivity index (χ2v) is 24.1. The lowest BCUT2D eigenvalue weighted by atomic mass is 9.93. The first-order valence-corrected chi connectivity index (χ1v) is 28.4. The van der Waals surface area contributed by atoms with Gasteiger partial charge in [-0.05, 0) is 171 Å². The lowest BCUT2D eigenvalue weighted by Crippen LogP contribution is -2.54. The summed E-state index contributed by atoms with van der Waals surface area (Å²) in [7, 11) is 1.42. The predicted molar refractivity (Wildman–Crippen MR) is 317 cm³/mol. The first kappa shape index (κ1) is 65.9. The predicted octanol–water partition coefficient (Wildman–Crippen LogP) is 8.56. The maximum Gasteiger partial charge on any atom is 0.407 e. The van der Waals surface area contributed by atoms with Crippen molar-refractivity contribution in [1.82, 2.24) is 36.8 Å². The molecule has 1 heterocycles. The molecule has 4 bridgehead atoms. The summed E-state index contributed by atoms with van der Waals surface area (Å²) in [5.74, 6) is -1.43. The lowest BCUT2D eigenvalue weighted by molar-refractivity contribution is -0.141. The number of rotatable bonds is 21. The zero-order chi connectivity index (χ0) is 61.2. The van der Waals surface area contributed by atoms with E-state index in [2.05, 4.69) is 70.0 Å². The second-order valence-electron chi connectivity index (χ2n) is 24.1. The van der Waals surface area contributed by atoms with Gasteiger partial charge in [-0.15, -0.1) is 0 Å². The Hall–Kier alpha value is -7.87. The zero-order valence-corrected chi connectivity index (χ0v) is 50.5. The molecule has 5 rings (SSSR count). The summed E-state index contributed by atoms with van der Waals surface area (Å²) in [6, 6.07) is 20.8. The molecule has 20 nitrogen and oxygen atoms in total. The van der Waals surface area contributed by atoms with E-state index in [1.807, 2.05) is 12.1 Å². The number of carbonyl (C=O) groups is 7. The fourth-order valence-corrected chi connectivity index (χ4v) is 8.85. The summed E-state index contributed by atoms with van der Waals surface area (Å²) in [5.41, 5.74) is 2.87. The van der Waals surface area contributed by atoms with Crippen LogP contribution in [0.4, 0.5) is 14.4 Å². The number of fused-ring (bicyclic) bond motifs is 5. The van der Waals surface area contributed by atoms with Crippen molar-refractivity contribution < 1.29 is 62.4 Å². The van der Waals surface area contributed by atoms with E-state index in [1.165, 1.54) is 24.4 Å². The minimum absolute atomic E-state index is 0.00723. The molecule has 4 atom stereocenters. The summed E-state index contributed by atoms with van der Waals surface area (Å²) in [5, 5.41) is 27.2. The fraction of sp³-hybridized carbons (Fsp3) is 0.508. The lowest BCUT2D eigenvalue weighted by Gasteiger charge is -2.33. The van der Waals surface area contributed by atoms with Gasteiger partial charge in [-0.1, -0.05) is 62.4 Å². The van der Waals surface area contributed by atoms with Crippen molar-refractivity contribution in [3.63, 3.8) is 0 Å². The molecule has 83 heavy (non-hydrogen) atoms. The quantitative estimate of drug-likeness (QED) is 0.0305. The van der Waals surface area contributed by atoms with Gasteiger partial charge in [0.15, 0.2) is 0 Å². The van der Waals surface area contributed by atoms with E-state index in [0.29, 0.717) is 28.4 Å². The first-order chi connectivity index (χ1) is 39.0. The molecule has 1 aliphatic heterocycles. The standard InChI is InChI=1S/C63H87N7O13/c1-39(2)16-17-41-18-21-43(22-19-41)44-23-25-45(26-24-44)55(73)69-50(15-14-30-64-58(76)81-61(4,5)6)57(75)70(13)53-46-27-29-52(80-34-32-66-60(78)83-63(10,11)12)49(37-46)48-36-42(35-47(38-71)68-54(72)40(3)67-56(53)74)20-28-51(48)79-33-31-65-59(77)82-62(7,8)9/h18-29,36-37,39-40,47,50,53,71H,14-17,30-35,38H2,1-13H3,(H,64,76)(H,65,77)(H,66,78)(H,67,74)(H,68,72)(H,69,73)/t40-,47-,50-,53-/m0/s1. The Kier molecular flexibility index (Phi) is 23.8. The summed E-state index contributed by atoms with van der Waals surface area (Å²) >= 11 is 0. The van der Waals surface area contributed by atoms with Crippen LogP contribution in [0, 0.1) is 5.92 Å². The Balaban J connectivity index is 1.57. The van der Waals surface area contributed by atoms with Crippen LogP contribution in [0.5, 0.6) is 11.5 Å². The number of likely N-dealkylation sites (N-methyl/N-ethyl adjacent to an activating group) is 1. The van der Waals surface area contributed by atoms with Gasteiger partial charge in [0.1, 0.15) is 59.6 Å². The van der Waals surface area contributed by atoms with E-state index >= 15 is 4.79 Å². The third-order valence-corrected chi connectivity index (χ3v) is 12.9. The highest BCUT2D eigenvalue weighted by Gasteiger charge is 2.36. The Bertz CT molecular complexity index is 2850. The SMILES string of the molecule is CC(C)CCc1ccc(-c2ccc(C(=O)N[C@@H](CCCNC(=O)OC(C)(C)C)C(=O)N(C)[C@@H]3C(=O)N[C@@H](C)C(=O)N[C@H](CO)Cc4ccc(OCCNC(=O)OC(C)(C)C)c(c4)-c4cc3ccc4OCCNC(=O)OC(C)(C)C)cc2)cc1. The summed E-state index contributed by atoms with van der Waals surface area (Å²) in [6.07, 6.45) is 0.459. The zero-order valence-electron chi connectivity index (χ0n) is 50.5. The molecule has 0 fully saturated rings. The van der Waals surface area contributed by atoms with Crippen molar-refractivity contribution in [3.8, 4) is 33.8 Å². The highest BCUT2D eigenvalue weighted by molar-refractivity contribution is 5.99. The number of ether oxygens (including phenoxy) is 5. The largest absolute Gasteiger partial charge is 0.491 e. The van der Waals surface area contributed by atoms with Crippen LogP contribution < -0.4 is 41.4 Å². The number of aliphatic hydroxyl groups is 1. The number of hydrogen-bond donors (Lipinski definition) is 7. The summed E-state index contributed by atoms with van der Waals surface area (Å²) < 4.78 is 29.0. The molecule has 7 amide bonds. The number of amides is 7. The second kappa shape index (κ2) is 29.9. The Labute approximate surface area is 488 Å². The van der Waals surface area contributed by atoms with Gasteiger partial charge in [0.25, 0.3) is 5.91 Å². The molecule has 1 aliphatic rings. The molecule has 0 saturated carbocycles. The monoisotopic (exact) mass is 1150 g/mol. The Morgan fingerprint density at radius 1 is 0.651 bits per heavy atom. The van der Waals surface area contributed by atoms with E-state index in [4.69, 9.17) is 23.7 Å². The molecule has 7 N–H and O–H groups in total. The van der Waals surface area contributed by atoms with Crippen LogP contribution in [-0.2, 0) is 41.4 Å². The molecule has 0 spiro atoms. The number of benzene rings is 4. The average Bonchev–Trinajstić information content (AvgIpc) is 2.81. The van der Waals surface area contributed by atoms with E-state index < -0.39 is 89.5 Å². The van der Waals surface area contributed by atoms with Crippen molar-refractivity contribution in [2.24, 2.45) is 5.92 Å². The molecular weight excluding hydrogens is 1060 g/mol. The topological polar surface area (TPSA) is 261 Å². The van der Waals surface area contributed by atoms with Gasteiger partial charge in [0.05, 0.1) is 25.7 Å². The van der Waals surface area contributed by atoms with E-state index in [0.717, 1.165) is 24.0 Å². The molecule has 4 aromatic carbocycles. The van der Waals surface area contributed by atoms with Crippen molar-refractivity contribution in [3.05, 3.63) is 107 Å². The van der Waals surface area contributed by atoms with Gasteiger partial charge in [-0.2, -0.15) is 0 Å². The molecule has 0 radical (unpaired) electrons. The fourth-order valence-electron chi connectivity index (χ4n) is 8.85. The number of alkyl carbamates (subject to hydrolysis) is 3. The molecule has 20 heteroatoms. The number of hydrogen-bond acceptors (Lipinski definition) is 13. The number of carbonyl (C=O) groups excluding carboxylic acids is 7. The Morgan fingerprint density at radius 2 is 1.16 bits per heavy atom. The minimum Gasteiger partial charge on any atom is -0.491 e. The van der Waals surface area contributed by atoms with Crippen LogP contribution >= 0.6 is 0 Å². The molecule has 4 aromatic rings. The third kappa shape index (κ3) is 21.8. The smallest absolute Gasteiger partial charge is 0.407 e. The normalized spacial score (nSPS) is 16.0. The number of aliphatic hydroxyl groups excluding tert-OH is 1. The first-order valence-electron chi connectivity index (χ1n) is 28.4. The number of nitrogens with one attached hydrogen (secondary N) is 6. The third-order valence-electron chi connectivity index (χ3n) is 12.9. The Morgan fingerprint density at radius 3 is 1.67 bits per heavy atom. The van der Waals surface area contributed by atoms with Crippen molar-refractivity contribution in [1.29, 1.82) is 0 Å². The van der Waals surface area contributed by atoms with Gasteiger partial charge in [0.2, 0.25) is 17.7 Å². The van der Waals surface area contributed by atoms with Crippen LogP contribution in [0.1, 0.15) is 135 Å².